The van der Waals surface area contributed by atoms with Crippen LogP contribution in [0.15, 0.2) is 57.9 Å². The number of benzene rings is 2. The van der Waals surface area contributed by atoms with Gasteiger partial charge in [-0.25, -0.2) is 4.79 Å². The van der Waals surface area contributed by atoms with Gasteiger partial charge < -0.3 is 23.9 Å². The maximum Gasteiger partial charge on any atom is 0.341 e. The Bertz CT molecular complexity index is 1590. The van der Waals surface area contributed by atoms with E-state index in [-0.39, 0.29) is 28.8 Å². The van der Waals surface area contributed by atoms with Crippen LogP contribution in [0.2, 0.25) is 5.02 Å². The summed E-state index contributed by atoms with van der Waals surface area (Å²) in [5.41, 5.74) is 1.28. The van der Waals surface area contributed by atoms with Crippen LogP contribution in [0.4, 0.5) is 5.00 Å². The van der Waals surface area contributed by atoms with Crippen molar-refractivity contribution in [3.63, 3.8) is 0 Å². The van der Waals surface area contributed by atoms with Crippen molar-refractivity contribution < 1.29 is 28.2 Å². The van der Waals surface area contributed by atoms with E-state index in [0.717, 1.165) is 29.7 Å². The lowest BCUT2D eigenvalue weighted by Gasteiger charge is -2.18. The first-order valence-electron chi connectivity index (χ1n) is 12.0. The van der Waals surface area contributed by atoms with Crippen molar-refractivity contribution in [3.05, 3.63) is 80.0 Å². The van der Waals surface area contributed by atoms with Crippen LogP contribution in [-0.4, -0.2) is 25.6 Å². The van der Waals surface area contributed by atoms with E-state index in [1.165, 1.54) is 36.8 Å². The molecular weight excluding hydrogens is 530 g/mol. The molecule has 0 bridgehead atoms. The number of nitrogens with one attached hydrogen (secondary N) is 1. The number of hydrogen-bond acceptors (Lipinski definition) is 8. The molecule has 10 heteroatoms. The molecule has 0 saturated carbocycles. The maximum atomic E-state index is 12.9. The summed E-state index contributed by atoms with van der Waals surface area (Å²) in [7, 11) is 1.33. The molecule has 2 aromatic carbocycles. The minimum atomic E-state index is -0.462. The van der Waals surface area contributed by atoms with Gasteiger partial charge >= 0.3 is 5.97 Å². The smallest absolute Gasteiger partial charge is 0.341 e. The average Bonchev–Trinajstić information content (AvgIpc) is 3.26. The SMILES string of the molecule is COC(=O)c1c(NC(=O)COc2ccc3c(=O)c(Oc4ccccc4Cl)coc3c2)sc2c1CCC(C)C2. The van der Waals surface area contributed by atoms with Crippen molar-refractivity contribution in [1.29, 1.82) is 0 Å². The number of esters is 1. The fourth-order valence-electron chi connectivity index (χ4n) is 4.37. The molecule has 0 aliphatic heterocycles. The van der Waals surface area contributed by atoms with E-state index < -0.39 is 11.9 Å². The molecule has 5 rings (SSSR count). The first-order valence-corrected chi connectivity index (χ1v) is 13.2. The number of carbonyl (C=O) groups is 2. The Balaban J connectivity index is 1.29. The average molecular weight is 554 g/mol. The van der Waals surface area contributed by atoms with E-state index >= 15 is 0 Å². The topological polar surface area (TPSA) is 104 Å². The molecule has 196 valence electrons. The summed E-state index contributed by atoms with van der Waals surface area (Å²) < 4.78 is 21.8. The molecule has 1 aliphatic carbocycles. The minimum Gasteiger partial charge on any atom is -0.484 e. The Morgan fingerprint density at radius 1 is 1.18 bits per heavy atom. The lowest BCUT2D eigenvalue weighted by Crippen LogP contribution is -2.21. The summed E-state index contributed by atoms with van der Waals surface area (Å²) in [6.07, 6.45) is 3.83. The summed E-state index contributed by atoms with van der Waals surface area (Å²) >= 11 is 7.52. The van der Waals surface area contributed by atoms with E-state index in [0.29, 0.717) is 33.0 Å². The van der Waals surface area contributed by atoms with Gasteiger partial charge in [-0.1, -0.05) is 30.7 Å². The van der Waals surface area contributed by atoms with Crippen molar-refractivity contribution in [1.82, 2.24) is 0 Å². The van der Waals surface area contributed by atoms with Crippen LogP contribution in [-0.2, 0) is 22.4 Å². The number of halogens is 1. The molecule has 2 heterocycles. The molecule has 0 radical (unpaired) electrons. The quantitative estimate of drug-likeness (QED) is 0.270. The highest BCUT2D eigenvalue weighted by atomic mass is 35.5. The van der Waals surface area contributed by atoms with E-state index in [2.05, 4.69) is 12.2 Å². The fraction of sp³-hybridized carbons (Fsp3) is 0.250. The monoisotopic (exact) mass is 553 g/mol. The molecule has 0 fully saturated rings. The number of methoxy groups -OCH3 is 1. The molecule has 8 nitrogen and oxygen atoms in total. The van der Waals surface area contributed by atoms with Crippen LogP contribution in [0.3, 0.4) is 0 Å². The van der Waals surface area contributed by atoms with Crippen LogP contribution >= 0.6 is 22.9 Å². The van der Waals surface area contributed by atoms with Crippen LogP contribution in [0, 0.1) is 5.92 Å². The van der Waals surface area contributed by atoms with Crippen molar-refractivity contribution >= 4 is 50.8 Å². The van der Waals surface area contributed by atoms with Gasteiger partial charge in [0.15, 0.2) is 6.61 Å². The number of anilines is 1. The lowest BCUT2D eigenvalue weighted by atomic mass is 9.88. The lowest BCUT2D eigenvalue weighted by molar-refractivity contribution is -0.118. The number of para-hydroxylation sites is 1. The second kappa shape index (κ2) is 10.9. The molecule has 1 atom stereocenters. The standard InChI is InChI=1S/C28H24ClNO7S/c1-15-7-9-18-23(11-15)38-27(25(18)28(33)34-2)30-24(31)14-35-16-8-10-17-21(12-16)36-13-22(26(17)32)37-20-6-4-3-5-19(20)29/h3-6,8,10,12-13,15H,7,9,11,14H2,1-2H3,(H,30,31). The zero-order chi connectivity index (χ0) is 26.8. The molecule has 1 unspecified atom stereocenters. The summed E-state index contributed by atoms with van der Waals surface area (Å²) in [5, 5.41) is 3.93. The van der Waals surface area contributed by atoms with E-state index in [1.807, 2.05) is 0 Å². The van der Waals surface area contributed by atoms with Crippen LogP contribution in [0.1, 0.15) is 34.1 Å². The number of thiophene rings is 1. The van der Waals surface area contributed by atoms with Gasteiger partial charge in [0.25, 0.3) is 5.91 Å². The predicted octanol–water partition coefficient (Wildman–Crippen LogP) is 6.23. The molecule has 1 amide bonds. The molecule has 1 N–H and O–H groups in total. The fourth-order valence-corrected chi connectivity index (χ4v) is 5.95. The largest absolute Gasteiger partial charge is 0.484 e. The summed E-state index contributed by atoms with van der Waals surface area (Å²) in [6, 6.07) is 11.4. The normalized spacial score (nSPS) is 14.6. The van der Waals surface area contributed by atoms with Gasteiger partial charge in [-0.15, -0.1) is 11.3 Å². The molecular formula is C28H24ClNO7S. The van der Waals surface area contributed by atoms with Gasteiger partial charge in [-0.3, -0.25) is 9.59 Å². The molecule has 2 aromatic heterocycles. The zero-order valence-electron chi connectivity index (χ0n) is 20.7. The Morgan fingerprint density at radius 2 is 2.00 bits per heavy atom. The second-order valence-electron chi connectivity index (χ2n) is 9.00. The summed E-state index contributed by atoms with van der Waals surface area (Å²) in [4.78, 5) is 39.1. The van der Waals surface area contributed by atoms with Gasteiger partial charge in [0.2, 0.25) is 11.2 Å². The van der Waals surface area contributed by atoms with Crippen molar-refractivity contribution in [3.8, 4) is 17.2 Å². The number of carbonyl (C=O) groups excluding carboxylic acids is 2. The number of ether oxygens (including phenoxy) is 3. The van der Waals surface area contributed by atoms with Crippen molar-refractivity contribution in [2.75, 3.05) is 19.0 Å². The molecule has 0 spiro atoms. The van der Waals surface area contributed by atoms with Crippen molar-refractivity contribution in [2.45, 2.75) is 26.2 Å². The highest BCUT2D eigenvalue weighted by Gasteiger charge is 2.29. The Labute approximate surface area is 227 Å². The summed E-state index contributed by atoms with van der Waals surface area (Å²) in [6.45, 7) is 1.87. The third kappa shape index (κ3) is 5.25. The number of hydrogen-bond donors (Lipinski definition) is 1. The van der Waals surface area contributed by atoms with Gasteiger partial charge in [0.1, 0.15) is 28.3 Å². The first kappa shape index (κ1) is 25.8. The highest BCUT2D eigenvalue weighted by molar-refractivity contribution is 7.17. The van der Waals surface area contributed by atoms with Gasteiger partial charge in [0.05, 0.1) is 23.1 Å². The molecule has 0 saturated heterocycles. The first-order chi connectivity index (χ1) is 18.3. The van der Waals surface area contributed by atoms with Crippen molar-refractivity contribution in [2.24, 2.45) is 5.92 Å². The maximum absolute atomic E-state index is 12.9. The van der Waals surface area contributed by atoms with E-state index in [4.69, 9.17) is 30.2 Å². The van der Waals surface area contributed by atoms with E-state index in [1.54, 1.807) is 30.3 Å². The highest BCUT2D eigenvalue weighted by Crippen LogP contribution is 2.40. The third-order valence-electron chi connectivity index (χ3n) is 6.30. The number of rotatable bonds is 7. The van der Waals surface area contributed by atoms with E-state index in [9.17, 15) is 14.4 Å². The Hall–Kier alpha value is -3.82. The Morgan fingerprint density at radius 3 is 2.79 bits per heavy atom. The number of amides is 1. The van der Waals surface area contributed by atoms with Gasteiger partial charge in [-0.2, -0.15) is 0 Å². The van der Waals surface area contributed by atoms with Gasteiger partial charge in [-0.05, 0) is 55.0 Å². The zero-order valence-corrected chi connectivity index (χ0v) is 22.2. The number of fused-ring (bicyclic) bond motifs is 2. The van der Waals surface area contributed by atoms with Crippen LogP contribution in [0.25, 0.3) is 11.0 Å². The minimum absolute atomic E-state index is 0.00639. The molecule has 1 aliphatic rings. The van der Waals surface area contributed by atoms with Gasteiger partial charge in [0, 0.05) is 10.9 Å². The molecule has 4 aromatic rings. The van der Waals surface area contributed by atoms with Crippen LogP contribution < -0.4 is 20.2 Å². The molecule has 38 heavy (non-hydrogen) atoms. The summed E-state index contributed by atoms with van der Waals surface area (Å²) in [5.74, 6) is 0.298. The predicted molar refractivity (Wildman–Crippen MR) is 145 cm³/mol. The Kier molecular flexibility index (Phi) is 7.40. The second-order valence-corrected chi connectivity index (χ2v) is 10.5. The van der Waals surface area contributed by atoms with Crippen LogP contribution in [0.5, 0.6) is 17.2 Å². The third-order valence-corrected chi connectivity index (χ3v) is 7.78.